The van der Waals surface area contributed by atoms with Crippen LogP contribution in [0.2, 0.25) is 0 Å². The third-order valence-corrected chi connectivity index (χ3v) is 9.48. The zero-order chi connectivity index (χ0) is 24.5. The highest BCUT2D eigenvalue weighted by Crippen LogP contribution is 2.33. The predicted molar refractivity (Wildman–Crippen MR) is 128 cm³/mol. The van der Waals surface area contributed by atoms with Gasteiger partial charge in [-0.15, -0.1) is 0 Å². The van der Waals surface area contributed by atoms with Crippen LogP contribution in [0.3, 0.4) is 0 Å². The molecule has 2 aliphatic rings. The molecule has 2 N–H and O–H groups in total. The summed E-state index contributed by atoms with van der Waals surface area (Å²) in [5, 5.41) is 4.71. The number of allylic oxidation sites excluding steroid dienone is 2. The van der Waals surface area contributed by atoms with E-state index in [-0.39, 0.29) is 29.9 Å². The lowest BCUT2D eigenvalue weighted by Crippen LogP contribution is -2.53. The maximum atomic E-state index is 15.1. The second-order valence-electron chi connectivity index (χ2n) is 9.25. The zero-order valence-corrected chi connectivity index (χ0v) is 20.2. The molecule has 1 aliphatic heterocycles. The molecule has 1 unspecified atom stereocenters. The van der Waals surface area contributed by atoms with E-state index in [2.05, 4.69) is 10.6 Å². The molecule has 4 rings (SSSR count). The molecule has 1 fully saturated rings. The smallest absolute Gasteiger partial charge is 0.163 e. The molecule has 8 heteroatoms. The lowest BCUT2D eigenvalue weighted by atomic mass is 9.98. The van der Waals surface area contributed by atoms with Crippen molar-refractivity contribution in [3.63, 3.8) is 0 Å². The summed E-state index contributed by atoms with van der Waals surface area (Å²) in [6.45, 7) is 3.75. The number of rotatable bonds is 6. The van der Waals surface area contributed by atoms with Gasteiger partial charge in [-0.3, -0.25) is 4.79 Å². The minimum absolute atomic E-state index is 0.0215. The molecule has 5 nitrogen and oxygen atoms in total. The monoisotopic (exact) mass is 488 g/mol. The highest BCUT2D eigenvalue weighted by Gasteiger charge is 2.42. The third-order valence-electron chi connectivity index (χ3n) is 6.83. The molecule has 0 aromatic heterocycles. The highest BCUT2D eigenvalue weighted by molar-refractivity contribution is 7.92. The van der Waals surface area contributed by atoms with Crippen LogP contribution in [0.25, 0.3) is 0 Å². The van der Waals surface area contributed by atoms with Gasteiger partial charge in [-0.2, -0.15) is 0 Å². The molecule has 4 atom stereocenters. The van der Waals surface area contributed by atoms with Crippen molar-refractivity contribution in [1.29, 1.82) is 0 Å². The molecule has 182 valence electrons. The molecule has 0 saturated carbocycles. The Bertz CT molecular complexity index is 1200. The van der Waals surface area contributed by atoms with Crippen LogP contribution in [0.1, 0.15) is 61.1 Å². The summed E-state index contributed by atoms with van der Waals surface area (Å²) in [6, 6.07) is 10.3. The van der Waals surface area contributed by atoms with Crippen LogP contribution >= 0.6 is 0 Å². The van der Waals surface area contributed by atoms with E-state index < -0.39 is 44.1 Å². The van der Waals surface area contributed by atoms with Gasteiger partial charge in [0.25, 0.3) is 0 Å². The molecule has 1 saturated heterocycles. The maximum absolute atomic E-state index is 15.1. The summed E-state index contributed by atoms with van der Waals surface area (Å²) in [5.74, 6) is -1.22. The van der Waals surface area contributed by atoms with Crippen molar-refractivity contribution in [3.8, 4) is 0 Å². The average molecular weight is 489 g/mol. The molecular weight excluding hydrogens is 458 g/mol. The minimum atomic E-state index is -3.65. The summed E-state index contributed by atoms with van der Waals surface area (Å²) in [4.78, 5) is 11.6. The normalized spacial score (nSPS) is 25.5. The summed E-state index contributed by atoms with van der Waals surface area (Å²) in [7, 11) is -3.65. The van der Waals surface area contributed by atoms with E-state index in [1.807, 2.05) is 6.07 Å². The average Bonchev–Trinajstić information content (AvgIpc) is 2.79. The number of halogens is 2. The van der Waals surface area contributed by atoms with Crippen LogP contribution in [0, 0.1) is 11.6 Å². The molecule has 1 aliphatic carbocycles. The largest absolute Gasteiger partial charge is 0.382 e. The first kappa shape index (κ1) is 24.5. The number of hydrogen-bond acceptors (Lipinski definition) is 5. The Balaban J connectivity index is 1.56. The second kappa shape index (κ2) is 9.96. The number of sulfone groups is 1. The lowest BCUT2D eigenvalue weighted by Gasteiger charge is -2.35. The molecular formula is C26H30F2N2O3S. The first-order valence-corrected chi connectivity index (χ1v) is 13.3. The number of nitrogens with one attached hydrogen (secondary N) is 2. The molecule has 2 aromatic rings. The van der Waals surface area contributed by atoms with Crippen LogP contribution in [0.5, 0.6) is 0 Å². The Kier molecular flexibility index (Phi) is 7.19. The third kappa shape index (κ3) is 5.08. The Morgan fingerprint density at radius 3 is 2.56 bits per heavy atom. The van der Waals surface area contributed by atoms with Crippen LogP contribution < -0.4 is 10.6 Å². The number of hydrogen-bond donors (Lipinski definition) is 2. The molecule has 0 radical (unpaired) electrons. The van der Waals surface area contributed by atoms with Crippen molar-refractivity contribution >= 4 is 15.6 Å². The van der Waals surface area contributed by atoms with Crippen LogP contribution in [0.15, 0.2) is 54.2 Å². The van der Waals surface area contributed by atoms with E-state index in [0.29, 0.717) is 24.1 Å². The highest BCUT2D eigenvalue weighted by atomic mass is 32.2. The second-order valence-corrected chi connectivity index (χ2v) is 11.6. The number of ketones is 1. The molecule has 2 aromatic carbocycles. The standard InChI is InChI=1S/C26H30F2N2O3S/c1-16(30-20-9-6-10-21(31)13-20)22-14-23(27)19(11-24(22)28)12-25-17(2)29-15-26(34(25,32)33)18-7-4-3-5-8-18/h3-5,7-8,11,13-14,16-17,25-26,29-30H,6,9-10,12,15H2,1-2H3/t16-,17+,25?,26+/m1/s1. The molecule has 0 spiro atoms. The Hall–Kier alpha value is -2.58. The van der Waals surface area contributed by atoms with Gasteiger partial charge in [-0.25, -0.2) is 17.2 Å². The summed E-state index contributed by atoms with van der Waals surface area (Å²) < 4.78 is 57.0. The number of benzene rings is 2. The van der Waals surface area contributed by atoms with Gasteiger partial charge in [-0.05, 0) is 56.4 Å². The van der Waals surface area contributed by atoms with Gasteiger partial charge in [-0.1, -0.05) is 30.3 Å². The maximum Gasteiger partial charge on any atom is 0.163 e. The summed E-state index contributed by atoms with van der Waals surface area (Å²) in [6.07, 6.45) is 3.32. The van der Waals surface area contributed by atoms with E-state index in [0.717, 1.165) is 18.6 Å². The quantitative estimate of drug-likeness (QED) is 0.634. The molecule has 0 amide bonds. The van der Waals surface area contributed by atoms with Crippen molar-refractivity contribution in [2.24, 2.45) is 0 Å². The Morgan fingerprint density at radius 1 is 1.12 bits per heavy atom. The number of carbonyl (C=O) groups is 1. The van der Waals surface area contributed by atoms with Gasteiger partial charge >= 0.3 is 0 Å². The van der Waals surface area contributed by atoms with E-state index in [1.165, 1.54) is 6.08 Å². The van der Waals surface area contributed by atoms with Crippen LogP contribution in [0.4, 0.5) is 8.78 Å². The summed E-state index contributed by atoms with van der Waals surface area (Å²) >= 11 is 0. The molecule has 34 heavy (non-hydrogen) atoms. The van der Waals surface area contributed by atoms with E-state index in [1.54, 1.807) is 38.1 Å². The zero-order valence-electron chi connectivity index (χ0n) is 19.4. The molecule has 1 heterocycles. The van der Waals surface area contributed by atoms with Crippen molar-refractivity contribution in [2.75, 3.05) is 6.54 Å². The van der Waals surface area contributed by atoms with Gasteiger partial charge in [0, 0.05) is 36.3 Å². The van der Waals surface area contributed by atoms with Gasteiger partial charge in [0.05, 0.1) is 16.5 Å². The van der Waals surface area contributed by atoms with E-state index in [4.69, 9.17) is 0 Å². The Labute approximate surface area is 199 Å². The van der Waals surface area contributed by atoms with Gasteiger partial charge in [0.2, 0.25) is 0 Å². The fourth-order valence-electron chi connectivity index (χ4n) is 4.87. The SMILES string of the molecule is C[C@@H]1NC[C@@H](c2ccccc2)S(=O)(=O)C1Cc1cc(F)c([C@@H](C)NC2=CC(=O)CCC2)cc1F. The van der Waals surface area contributed by atoms with Gasteiger partial charge in [0.15, 0.2) is 15.6 Å². The lowest BCUT2D eigenvalue weighted by molar-refractivity contribution is -0.115. The van der Waals surface area contributed by atoms with Gasteiger partial charge < -0.3 is 10.6 Å². The van der Waals surface area contributed by atoms with E-state index >= 15 is 8.78 Å². The predicted octanol–water partition coefficient (Wildman–Crippen LogP) is 4.31. The Morgan fingerprint density at radius 2 is 1.85 bits per heavy atom. The van der Waals surface area contributed by atoms with Crippen LogP contribution in [-0.2, 0) is 21.1 Å². The topological polar surface area (TPSA) is 75.3 Å². The van der Waals surface area contributed by atoms with E-state index in [9.17, 15) is 13.2 Å². The fraction of sp³-hybridized carbons (Fsp3) is 0.423. The van der Waals surface area contributed by atoms with Crippen molar-refractivity contribution < 1.29 is 22.0 Å². The van der Waals surface area contributed by atoms with Crippen molar-refractivity contribution in [1.82, 2.24) is 10.6 Å². The number of carbonyl (C=O) groups excluding carboxylic acids is 1. The first-order valence-electron chi connectivity index (χ1n) is 11.7. The van der Waals surface area contributed by atoms with Crippen LogP contribution in [-0.4, -0.2) is 32.0 Å². The van der Waals surface area contributed by atoms with Crippen molar-refractivity contribution in [2.45, 2.75) is 62.1 Å². The minimum Gasteiger partial charge on any atom is -0.382 e. The first-order chi connectivity index (χ1) is 16.2. The molecule has 0 bridgehead atoms. The van der Waals surface area contributed by atoms with Gasteiger partial charge in [0.1, 0.15) is 11.6 Å². The fourth-order valence-corrected chi connectivity index (χ4v) is 7.24. The van der Waals surface area contributed by atoms with Crippen molar-refractivity contribution in [3.05, 3.63) is 82.6 Å². The summed E-state index contributed by atoms with van der Waals surface area (Å²) in [5.41, 5.74) is 1.58.